The van der Waals surface area contributed by atoms with E-state index in [1.165, 1.54) is 0 Å². The number of rotatable bonds is 1. The van der Waals surface area contributed by atoms with Gasteiger partial charge in [0, 0.05) is 0 Å². The summed E-state index contributed by atoms with van der Waals surface area (Å²) in [5.41, 5.74) is 11.3. The molecule has 1 fully saturated rings. The van der Waals surface area contributed by atoms with Crippen molar-refractivity contribution in [3.05, 3.63) is 18.2 Å². The molecule has 0 amide bonds. The number of nitrogens with one attached hydrogen (secondary N) is 3. The van der Waals surface area contributed by atoms with Crippen molar-refractivity contribution >= 4 is 24.0 Å². The minimum absolute atomic E-state index is 0.305. The van der Waals surface area contributed by atoms with E-state index in [-0.39, 0.29) is 18.3 Å². The van der Waals surface area contributed by atoms with Crippen molar-refractivity contribution in [2.45, 2.75) is 38.9 Å². The molecule has 2 aliphatic heterocycles. The molecule has 5 nitrogen and oxygen atoms in total. The van der Waals surface area contributed by atoms with E-state index in [2.05, 4.69) is 44.1 Å². The normalized spacial score (nSPS) is 23.4. The van der Waals surface area contributed by atoms with Gasteiger partial charge < -0.3 is 20.2 Å². The van der Waals surface area contributed by atoms with Crippen LogP contribution in [0.2, 0.25) is 0 Å². The van der Waals surface area contributed by atoms with Crippen molar-refractivity contribution in [2.24, 2.45) is 0 Å². The summed E-state index contributed by atoms with van der Waals surface area (Å²) in [5.74, 6) is 0. The molecule has 3 rings (SSSR count). The van der Waals surface area contributed by atoms with Gasteiger partial charge in [-0.25, -0.2) is 0 Å². The van der Waals surface area contributed by atoms with Crippen LogP contribution < -0.4 is 21.8 Å². The fraction of sp³-hybridized carbons (Fsp3) is 0.500. The van der Waals surface area contributed by atoms with Crippen LogP contribution in [0.3, 0.4) is 0 Å². The van der Waals surface area contributed by atoms with E-state index in [0.29, 0.717) is 0 Å². The smallest absolute Gasteiger partial charge is 0.399 e. The SMILES string of the molecule is CC1(C)OB(c2ccc3c(c2)NNN3)OC1(C)C. The maximum atomic E-state index is 6.02. The van der Waals surface area contributed by atoms with Gasteiger partial charge in [0.25, 0.3) is 0 Å². The van der Waals surface area contributed by atoms with Crippen LogP contribution in [0, 0.1) is 0 Å². The lowest BCUT2D eigenvalue weighted by Gasteiger charge is -2.32. The summed E-state index contributed by atoms with van der Waals surface area (Å²) in [6, 6.07) is 6.05. The maximum absolute atomic E-state index is 6.02. The third-order valence-corrected chi connectivity index (χ3v) is 3.96. The Bertz CT molecular complexity index is 474. The van der Waals surface area contributed by atoms with E-state index in [1.807, 2.05) is 18.2 Å². The lowest BCUT2D eigenvalue weighted by atomic mass is 9.79. The molecule has 1 saturated heterocycles. The highest BCUT2D eigenvalue weighted by Crippen LogP contribution is 2.36. The summed E-state index contributed by atoms with van der Waals surface area (Å²) in [4.78, 5) is 0. The minimum Gasteiger partial charge on any atom is -0.399 e. The van der Waals surface area contributed by atoms with Crippen LogP contribution in [0.25, 0.3) is 0 Å². The Hall–Kier alpha value is -1.24. The van der Waals surface area contributed by atoms with Crippen LogP contribution in [-0.4, -0.2) is 18.3 Å². The Kier molecular flexibility index (Phi) is 2.39. The van der Waals surface area contributed by atoms with Crippen LogP contribution in [0.4, 0.5) is 11.4 Å². The summed E-state index contributed by atoms with van der Waals surface area (Å²) < 4.78 is 12.0. The van der Waals surface area contributed by atoms with Crippen LogP contribution in [0.1, 0.15) is 27.7 Å². The van der Waals surface area contributed by atoms with E-state index in [0.717, 1.165) is 16.8 Å². The van der Waals surface area contributed by atoms with E-state index in [1.54, 1.807) is 0 Å². The Balaban J connectivity index is 1.89. The second-order valence-corrected chi connectivity index (χ2v) is 5.77. The van der Waals surface area contributed by atoms with Gasteiger partial charge in [-0.05, 0) is 45.3 Å². The van der Waals surface area contributed by atoms with E-state index < -0.39 is 0 Å². The number of hydrazine groups is 2. The Labute approximate surface area is 107 Å². The van der Waals surface area contributed by atoms with Gasteiger partial charge in [-0.15, -0.1) is 5.53 Å². The van der Waals surface area contributed by atoms with Gasteiger partial charge in [0.2, 0.25) is 0 Å². The largest absolute Gasteiger partial charge is 0.494 e. The highest BCUT2D eigenvalue weighted by molar-refractivity contribution is 6.62. The van der Waals surface area contributed by atoms with Crippen molar-refractivity contribution in [3.8, 4) is 0 Å². The lowest BCUT2D eigenvalue weighted by Crippen LogP contribution is -2.41. The Morgan fingerprint density at radius 3 is 2.22 bits per heavy atom. The van der Waals surface area contributed by atoms with Gasteiger partial charge in [-0.1, -0.05) is 6.07 Å². The number of hydrogen-bond donors (Lipinski definition) is 3. The highest BCUT2D eigenvalue weighted by Gasteiger charge is 2.51. The van der Waals surface area contributed by atoms with Crippen LogP contribution >= 0.6 is 0 Å². The first kappa shape index (κ1) is 11.8. The molecule has 0 spiro atoms. The zero-order chi connectivity index (χ0) is 13.0. The number of anilines is 2. The molecule has 0 aliphatic carbocycles. The molecule has 1 aromatic carbocycles. The predicted molar refractivity (Wildman–Crippen MR) is 72.5 cm³/mol. The molecule has 0 aromatic heterocycles. The number of hydrogen-bond acceptors (Lipinski definition) is 5. The lowest BCUT2D eigenvalue weighted by molar-refractivity contribution is 0.00578. The van der Waals surface area contributed by atoms with E-state index >= 15 is 0 Å². The Morgan fingerprint density at radius 2 is 1.56 bits per heavy atom. The van der Waals surface area contributed by atoms with Gasteiger partial charge in [0.1, 0.15) is 0 Å². The van der Waals surface area contributed by atoms with E-state index in [4.69, 9.17) is 9.31 Å². The van der Waals surface area contributed by atoms with Crippen LogP contribution in [-0.2, 0) is 9.31 Å². The van der Waals surface area contributed by atoms with Crippen molar-refractivity contribution in [1.82, 2.24) is 5.53 Å². The topological polar surface area (TPSA) is 54.5 Å². The van der Waals surface area contributed by atoms with Gasteiger partial charge >= 0.3 is 7.12 Å². The molecule has 0 radical (unpaired) electrons. The maximum Gasteiger partial charge on any atom is 0.494 e. The minimum atomic E-state index is -0.317. The van der Waals surface area contributed by atoms with Gasteiger partial charge in [-0.2, -0.15) is 0 Å². The molecule has 96 valence electrons. The molecular weight excluding hydrogens is 229 g/mol. The molecular formula is C12H18BN3O2. The number of fused-ring (bicyclic) bond motifs is 1. The zero-order valence-corrected chi connectivity index (χ0v) is 11.1. The molecule has 0 unspecified atom stereocenters. The highest BCUT2D eigenvalue weighted by atomic mass is 16.7. The monoisotopic (exact) mass is 247 g/mol. The summed E-state index contributed by atoms with van der Waals surface area (Å²) in [7, 11) is -0.317. The van der Waals surface area contributed by atoms with E-state index in [9.17, 15) is 0 Å². The van der Waals surface area contributed by atoms with Crippen LogP contribution in [0.5, 0.6) is 0 Å². The summed E-state index contributed by atoms with van der Waals surface area (Å²) in [6.07, 6.45) is 0. The van der Waals surface area contributed by atoms with Crippen LogP contribution in [0.15, 0.2) is 18.2 Å². The van der Waals surface area contributed by atoms with Gasteiger partial charge in [0.15, 0.2) is 0 Å². The molecule has 0 saturated carbocycles. The fourth-order valence-electron chi connectivity index (χ4n) is 2.07. The molecule has 18 heavy (non-hydrogen) atoms. The summed E-state index contributed by atoms with van der Waals surface area (Å²) >= 11 is 0. The third kappa shape index (κ3) is 1.68. The zero-order valence-electron chi connectivity index (χ0n) is 11.1. The second kappa shape index (κ2) is 3.63. The quantitative estimate of drug-likeness (QED) is 0.652. The van der Waals surface area contributed by atoms with Crippen molar-refractivity contribution in [2.75, 3.05) is 10.9 Å². The summed E-state index contributed by atoms with van der Waals surface area (Å²) in [5, 5.41) is 0. The number of benzene rings is 1. The molecule has 1 aromatic rings. The van der Waals surface area contributed by atoms with Gasteiger partial charge in [-0.3, -0.25) is 0 Å². The predicted octanol–water partition coefficient (Wildman–Crippen LogP) is 1.24. The van der Waals surface area contributed by atoms with Crippen molar-refractivity contribution in [3.63, 3.8) is 0 Å². The average Bonchev–Trinajstić information content (AvgIpc) is 2.80. The molecule has 2 aliphatic rings. The van der Waals surface area contributed by atoms with Crippen molar-refractivity contribution in [1.29, 1.82) is 0 Å². The average molecular weight is 247 g/mol. The third-order valence-electron chi connectivity index (χ3n) is 3.96. The first-order chi connectivity index (χ1) is 8.39. The first-order valence-corrected chi connectivity index (χ1v) is 6.16. The molecule has 0 bridgehead atoms. The Morgan fingerprint density at radius 1 is 0.944 bits per heavy atom. The molecule has 3 N–H and O–H groups in total. The van der Waals surface area contributed by atoms with Crippen molar-refractivity contribution < 1.29 is 9.31 Å². The first-order valence-electron chi connectivity index (χ1n) is 6.16. The molecule has 2 heterocycles. The summed E-state index contributed by atoms with van der Waals surface area (Å²) in [6.45, 7) is 8.23. The van der Waals surface area contributed by atoms with Gasteiger partial charge in [0.05, 0.1) is 22.6 Å². The standard InChI is InChI=1S/C12H18BN3O2/c1-11(2)12(3,4)18-13(17-11)8-5-6-9-10(7-8)15-16-14-9/h5-7,14-16H,1-4H3. The second-order valence-electron chi connectivity index (χ2n) is 5.77. The molecule has 0 atom stereocenters. The fourth-order valence-corrected chi connectivity index (χ4v) is 2.07. The molecule has 6 heteroatoms.